The fraction of sp³-hybridized carbons (Fsp3) is 0.250. The number of hydrogen-bond acceptors (Lipinski definition) is 2. The lowest BCUT2D eigenvalue weighted by Gasteiger charge is -2.09. The van der Waals surface area contributed by atoms with Crippen LogP contribution in [-0.4, -0.2) is 11.1 Å². The first-order valence-electron chi connectivity index (χ1n) is 4.66. The zero-order valence-corrected chi connectivity index (χ0v) is 9.07. The second-order valence-electron chi connectivity index (χ2n) is 3.39. The Hall–Kier alpha value is -1.77. The smallest absolute Gasteiger partial charge is 0.331 e. The molecular weight excluding hydrogens is 192 g/mol. The van der Waals surface area contributed by atoms with Gasteiger partial charge in [-0.25, -0.2) is 4.79 Å². The highest BCUT2D eigenvalue weighted by atomic mass is 16.5. The van der Waals surface area contributed by atoms with Crippen LogP contribution in [0.1, 0.15) is 18.1 Å². The highest BCUT2D eigenvalue weighted by Gasteiger charge is 2.03. The Bertz CT molecular complexity index is 405. The number of carbonyl (C=O) groups is 1. The largest absolute Gasteiger partial charge is 0.478 e. The number of rotatable bonds is 3. The van der Waals surface area contributed by atoms with Gasteiger partial charge in [0.25, 0.3) is 0 Å². The van der Waals surface area contributed by atoms with Gasteiger partial charge in [0, 0.05) is 0 Å². The van der Waals surface area contributed by atoms with Gasteiger partial charge in [-0.3, -0.25) is 0 Å². The number of aryl methyl sites for hydroxylation is 1. The van der Waals surface area contributed by atoms with Gasteiger partial charge < -0.3 is 9.84 Å². The van der Waals surface area contributed by atoms with Gasteiger partial charge in [-0.1, -0.05) is 12.1 Å². The predicted octanol–water partition coefficient (Wildman–Crippen LogP) is 2.67. The van der Waals surface area contributed by atoms with Crippen molar-refractivity contribution >= 4 is 5.97 Å². The van der Waals surface area contributed by atoms with E-state index in [1.54, 1.807) is 6.92 Å². The van der Waals surface area contributed by atoms with E-state index >= 15 is 0 Å². The summed E-state index contributed by atoms with van der Waals surface area (Å²) < 4.78 is 5.42. The van der Waals surface area contributed by atoms with Gasteiger partial charge >= 0.3 is 5.97 Å². The molecule has 0 aliphatic carbocycles. The van der Waals surface area contributed by atoms with Gasteiger partial charge in [0.15, 0.2) is 0 Å². The third-order valence-corrected chi connectivity index (χ3v) is 2.15. The van der Waals surface area contributed by atoms with E-state index in [0.29, 0.717) is 11.5 Å². The molecule has 0 fully saturated rings. The van der Waals surface area contributed by atoms with Gasteiger partial charge in [0.2, 0.25) is 0 Å². The first-order chi connectivity index (χ1) is 7.00. The van der Waals surface area contributed by atoms with Crippen molar-refractivity contribution in [2.75, 3.05) is 0 Å². The van der Waals surface area contributed by atoms with Crippen LogP contribution in [0.2, 0.25) is 0 Å². The molecule has 3 nitrogen and oxygen atoms in total. The summed E-state index contributed by atoms with van der Waals surface area (Å²) in [5.74, 6) is 0.0685. The number of hydrogen-bond donors (Lipinski definition) is 1. The van der Waals surface area contributed by atoms with Crippen LogP contribution in [0.25, 0.3) is 0 Å². The lowest BCUT2D eigenvalue weighted by molar-refractivity contribution is -0.131. The first-order valence-corrected chi connectivity index (χ1v) is 4.66. The topological polar surface area (TPSA) is 46.5 Å². The Morgan fingerprint density at radius 3 is 2.67 bits per heavy atom. The summed E-state index contributed by atoms with van der Waals surface area (Å²) in [4.78, 5) is 10.4. The SMILES string of the molecule is C/C(=C\C(=O)O)Oc1cccc(C)c1C. The molecule has 0 unspecified atom stereocenters. The van der Waals surface area contributed by atoms with Crippen molar-refractivity contribution in [1.82, 2.24) is 0 Å². The van der Waals surface area contributed by atoms with Gasteiger partial charge in [0.1, 0.15) is 11.5 Å². The van der Waals surface area contributed by atoms with Crippen molar-refractivity contribution in [1.29, 1.82) is 0 Å². The fourth-order valence-electron chi connectivity index (χ4n) is 1.21. The molecule has 1 aromatic carbocycles. The third kappa shape index (κ3) is 3.13. The lowest BCUT2D eigenvalue weighted by Crippen LogP contribution is -1.98. The maximum Gasteiger partial charge on any atom is 0.331 e. The molecule has 0 heterocycles. The van der Waals surface area contributed by atoms with Crippen LogP contribution in [0.5, 0.6) is 5.75 Å². The maximum atomic E-state index is 10.4. The molecule has 15 heavy (non-hydrogen) atoms. The second-order valence-corrected chi connectivity index (χ2v) is 3.39. The van der Waals surface area contributed by atoms with Crippen molar-refractivity contribution < 1.29 is 14.6 Å². The third-order valence-electron chi connectivity index (χ3n) is 2.15. The molecule has 0 atom stereocenters. The number of allylic oxidation sites excluding steroid dienone is 1. The van der Waals surface area contributed by atoms with Crippen molar-refractivity contribution in [3.8, 4) is 5.75 Å². The second kappa shape index (κ2) is 4.64. The van der Waals surface area contributed by atoms with Gasteiger partial charge in [-0.05, 0) is 38.0 Å². The predicted molar refractivity (Wildman–Crippen MR) is 57.9 cm³/mol. The summed E-state index contributed by atoms with van der Waals surface area (Å²) in [5.41, 5.74) is 2.14. The molecule has 3 heteroatoms. The van der Waals surface area contributed by atoms with E-state index in [2.05, 4.69) is 0 Å². The van der Waals surface area contributed by atoms with E-state index in [1.165, 1.54) is 0 Å². The van der Waals surface area contributed by atoms with Gasteiger partial charge in [0.05, 0.1) is 6.08 Å². The van der Waals surface area contributed by atoms with Crippen LogP contribution in [0.4, 0.5) is 0 Å². The molecule has 0 radical (unpaired) electrons. The molecule has 80 valence electrons. The minimum absolute atomic E-state index is 0.371. The Morgan fingerprint density at radius 1 is 1.40 bits per heavy atom. The van der Waals surface area contributed by atoms with Crippen LogP contribution in [-0.2, 0) is 4.79 Å². The van der Waals surface area contributed by atoms with E-state index in [0.717, 1.165) is 17.2 Å². The van der Waals surface area contributed by atoms with Crippen molar-refractivity contribution in [3.63, 3.8) is 0 Å². The molecule has 1 aromatic rings. The average Bonchev–Trinajstić information content (AvgIpc) is 2.11. The molecule has 0 aromatic heterocycles. The molecule has 1 N–H and O–H groups in total. The van der Waals surface area contributed by atoms with Crippen LogP contribution < -0.4 is 4.74 Å². The number of benzene rings is 1. The molecular formula is C12H14O3. The maximum absolute atomic E-state index is 10.4. The average molecular weight is 206 g/mol. The number of ether oxygens (including phenoxy) is 1. The van der Waals surface area contributed by atoms with E-state index in [1.807, 2.05) is 32.0 Å². The van der Waals surface area contributed by atoms with Crippen LogP contribution in [0.3, 0.4) is 0 Å². The van der Waals surface area contributed by atoms with Crippen LogP contribution in [0.15, 0.2) is 30.0 Å². The fourth-order valence-corrected chi connectivity index (χ4v) is 1.21. The van der Waals surface area contributed by atoms with Gasteiger partial charge in [-0.15, -0.1) is 0 Å². The van der Waals surface area contributed by atoms with E-state index in [9.17, 15) is 4.79 Å². The summed E-state index contributed by atoms with van der Waals surface area (Å²) in [6.45, 7) is 5.55. The molecule has 0 saturated carbocycles. The minimum Gasteiger partial charge on any atom is -0.478 e. The minimum atomic E-state index is -1.00. The Morgan fingerprint density at radius 2 is 2.07 bits per heavy atom. The number of carboxylic acid groups (broad SMARTS) is 1. The lowest BCUT2D eigenvalue weighted by atomic mass is 10.1. The van der Waals surface area contributed by atoms with Crippen molar-refractivity contribution in [2.24, 2.45) is 0 Å². The van der Waals surface area contributed by atoms with Crippen molar-refractivity contribution in [2.45, 2.75) is 20.8 Å². The quantitative estimate of drug-likeness (QED) is 0.611. The van der Waals surface area contributed by atoms with Crippen LogP contribution >= 0.6 is 0 Å². The summed E-state index contributed by atoms with van der Waals surface area (Å²) in [6.07, 6.45) is 1.04. The Labute approximate surface area is 89.0 Å². The Kier molecular flexibility index (Phi) is 3.50. The summed E-state index contributed by atoms with van der Waals surface area (Å²) in [5, 5.41) is 8.53. The molecule has 0 saturated heterocycles. The summed E-state index contributed by atoms with van der Waals surface area (Å²) in [7, 11) is 0. The zero-order chi connectivity index (χ0) is 11.4. The Balaban J connectivity index is 2.90. The van der Waals surface area contributed by atoms with Crippen molar-refractivity contribution in [3.05, 3.63) is 41.2 Å². The molecule has 0 aliphatic heterocycles. The van der Waals surface area contributed by atoms with E-state index < -0.39 is 5.97 Å². The first kappa shape index (κ1) is 11.3. The molecule has 0 bridgehead atoms. The van der Waals surface area contributed by atoms with Crippen LogP contribution in [0, 0.1) is 13.8 Å². The molecule has 1 rings (SSSR count). The van der Waals surface area contributed by atoms with Gasteiger partial charge in [-0.2, -0.15) is 0 Å². The highest BCUT2D eigenvalue weighted by molar-refractivity contribution is 5.80. The monoisotopic (exact) mass is 206 g/mol. The highest BCUT2D eigenvalue weighted by Crippen LogP contribution is 2.22. The zero-order valence-electron chi connectivity index (χ0n) is 9.07. The number of aliphatic carboxylic acids is 1. The summed E-state index contributed by atoms with van der Waals surface area (Å²) >= 11 is 0. The normalized spacial score (nSPS) is 11.3. The molecule has 0 aliphatic rings. The molecule has 0 amide bonds. The van der Waals surface area contributed by atoms with E-state index in [4.69, 9.17) is 9.84 Å². The van der Waals surface area contributed by atoms with E-state index in [-0.39, 0.29) is 0 Å². The summed E-state index contributed by atoms with van der Waals surface area (Å²) in [6, 6.07) is 5.69. The molecule has 0 spiro atoms. The standard InChI is InChI=1S/C12H14O3/c1-8-5-4-6-11(10(8)3)15-9(2)7-12(13)14/h4-7H,1-3H3,(H,13,14)/b9-7+. The number of carboxylic acids is 1.